The van der Waals surface area contributed by atoms with Crippen LogP contribution in [0.25, 0.3) is 0 Å². The van der Waals surface area contributed by atoms with Gasteiger partial charge in [0, 0.05) is 0 Å². The summed E-state index contributed by atoms with van der Waals surface area (Å²) in [7, 11) is 0. The molecule has 2 rings (SSSR count). The van der Waals surface area contributed by atoms with Gasteiger partial charge < -0.3 is 10.1 Å². The first-order valence-corrected chi connectivity index (χ1v) is 9.35. The van der Waals surface area contributed by atoms with E-state index in [-0.39, 0.29) is 17.4 Å². The molecule has 0 aromatic heterocycles. The third-order valence-electron chi connectivity index (χ3n) is 4.66. The summed E-state index contributed by atoms with van der Waals surface area (Å²) in [4.78, 5) is 12.7. The lowest BCUT2D eigenvalue weighted by Gasteiger charge is -2.23. The van der Waals surface area contributed by atoms with Crippen LogP contribution in [0.2, 0.25) is 0 Å². The molecule has 0 bridgehead atoms. The van der Waals surface area contributed by atoms with Gasteiger partial charge in [-0.15, -0.1) is 0 Å². The summed E-state index contributed by atoms with van der Waals surface area (Å²) in [5, 5.41) is 3.08. The zero-order valence-corrected chi connectivity index (χ0v) is 16.8. The van der Waals surface area contributed by atoms with Crippen LogP contribution in [0.5, 0.6) is 5.75 Å². The molecule has 0 radical (unpaired) electrons. The number of ether oxygens (including phenoxy) is 1. The van der Waals surface area contributed by atoms with Gasteiger partial charge >= 0.3 is 0 Å². The highest BCUT2D eigenvalue weighted by Crippen LogP contribution is 2.24. The smallest absolute Gasteiger partial charge is 0.261 e. The van der Waals surface area contributed by atoms with E-state index in [0.29, 0.717) is 6.42 Å². The highest BCUT2D eigenvalue weighted by atomic mass is 16.5. The summed E-state index contributed by atoms with van der Waals surface area (Å²) >= 11 is 0. The Balaban J connectivity index is 2.03. The molecule has 2 aromatic carbocycles. The first kappa shape index (κ1) is 20.0. The molecule has 0 saturated heterocycles. The zero-order valence-electron chi connectivity index (χ0n) is 16.8. The minimum Gasteiger partial charge on any atom is -0.480 e. The molecule has 0 saturated carbocycles. The largest absolute Gasteiger partial charge is 0.480 e. The summed E-state index contributed by atoms with van der Waals surface area (Å²) in [6.45, 7) is 12.5. The number of hydrogen-bond donors (Lipinski definition) is 1. The molecule has 1 amide bonds. The topological polar surface area (TPSA) is 38.3 Å². The van der Waals surface area contributed by atoms with E-state index in [2.05, 4.69) is 50.4 Å². The van der Waals surface area contributed by atoms with Crippen LogP contribution in [-0.4, -0.2) is 12.0 Å². The maximum atomic E-state index is 12.7. The maximum Gasteiger partial charge on any atom is 0.261 e. The van der Waals surface area contributed by atoms with Gasteiger partial charge in [-0.3, -0.25) is 4.79 Å². The predicted molar refractivity (Wildman–Crippen MR) is 108 cm³/mol. The highest BCUT2D eigenvalue weighted by molar-refractivity contribution is 5.81. The highest BCUT2D eigenvalue weighted by Gasteiger charge is 2.21. The van der Waals surface area contributed by atoms with Crippen LogP contribution in [0.1, 0.15) is 63.8 Å². The van der Waals surface area contributed by atoms with Gasteiger partial charge in [-0.05, 0) is 48.4 Å². The Kier molecular flexibility index (Phi) is 6.47. The van der Waals surface area contributed by atoms with Crippen molar-refractivity contribution in [2.45, 2.75) is 65.5 Å². The molecule has 0 aliphatic carbocycles. The van der Waals surface area contributed by atoms with E-state index in [9.17, 15) is 4.79 Å². The zero-order chi connectivity index (χ0) is 19.3. The summed E-state index contributed by atoms with van der Waals surface area (Å²) in [6.07, 6.45) is 0.128. The maximum absolute atomic E-state index is 12.7. The van der Waals surface area contributed by atoms with Crippen molar-refractivity contribution >= 4 is 5.91 Å². The van der Waals surface area contributed by atoms with Crippen LogP contribution >= 0.6 is 0 Å². The first-order chi connectivity index (χ1) is 12.2. The van der Waals surface area contributed by atoms with Gasteiger partial charge in [-0.2, -0.15) is 0 Å². The van der Waals surface area contributed by atoms with Gasteiger partial charge in [-0.25, -0.2) is 0 Å². The number of aryl methyl sites for hydroxylation is 1. The van der Waals surface area contributed by atoms with Crippen molar-refractivity contribution in [3.05, 3.63) is 65.2 Å². The molecular formula is C23H31NO2. The van der Waals surface area contributed by atoms with Crippen molar-refractivity contribution in [2.75, 3.05) is 0 Å². The average molecular weight is 354 g/mol. The molecule has 0 spiro atoms. The van der Waals surface area contributed by atoms with Gasteiger partial charge in [0.05, 0.1) is 6.04 Å². The van der Waals surface area contributed by atoms with Crippen molar-refractivity contribution in [1.29, 1.82) is 0 Å². The second-order valence-corrected chi connectivity index (χ2v) is 7.88. The lowest BCUT2D eigenvalue weighted by atomic mass is 9.86. The fourth-order valence-corrected chi connectivity index (χ4v) is 2.83. The summed E-state index contributed by atoms with van der Waals surface area (Å²) < 4.78 is 5.94. The Hall–Kier alpha value is -2.29. The number of amides is 1. The molecule has 0 heterocycles. The monoisotopic (exact) mass is 353 g/mol. The quantitative estimate of drug-likeness (QED) is 0.762. The van der Waals surface area contributed by atoms with Crippen LogP contribution in [0.3, 0.4) is 0 Å². The van der Waals surface area contributed by atoms with Gasteiger partial charge in [0.25, 0.3) is 5.91 Å². The summed E-state index contributed by atoms with van der Waals surface area (Å²) in [5.74, 6) is 0.680. The Morgan fingerprint density at radius 2 is 1.69 bits per heavy atom. The normalized spacial score (nSPS) is 13.8. The van der Waals surface area contributed by atoms with E-state index in [4.69, 9.17) is 4.74 Å². The molecule has 0 aliphatic heterocycles. The Morgan fingerprint density at radius 3 is 2.23 bits per heavy atom. The van der Waals surface area contributed by atoms with Crippen LogP contribution in [0.4, 0.5) is 0 Å². The van der Waals surface area contributed by atoms with Crippen LogP contribution in [0.15, 0.2) is 48.5 Å². The predicted octanol–water partition coefficient (Wildman–Crippen LogP) is 5.33. The molecule has 0 unspecified atom stereocenters. The van der Waals surface area contributed by atoms with Crippen molar-refractivity contribution < 1.29 is 9.53 Å². The molecule has 0 aliphatic rings. The van der Waals surface area contributed by atoms with Crippen LogP contribution in [0, 0.1) is 6.92 Å². The lowest BCUT2D eigenvalue weighted by molar-refractivity contribution is -0.128. The van der Waals surface area contributed by atoms with Crippen molar-refractivity contribution in [1.82, 2.24) is 5.32 Å². The van der Waals surface area contributed by atoms with Gasteiger partial charge in [0.15, 0.2) is 6.10 Å². The third-order valence-corrected chi connectivity index (χ3v) is 4.66. The first-order valence-electron chi connectivity index (χ1n) is 9.35. The fraction of sp³-hybridized carbons (Fsp3) is 0.435. The number of rotatable bonds is 6. The van der Waals surface area contributed by atoms with E-state index >= 15 is 0 Å². The second kappa shape index (κ2) is 8.39. The summed E-state index contributed by atoms with van der Waals surface area (Å²) in [6, 6.07) is 16.2. The van der Waals surface area contributed by atoms with Crippen LogP contribution in [-0.2, 0) is 10.2 Å². The number of para-hydroxylation sites is 1. The van der Waals surface area contributed by atoms with E-state index in [1.165, 1.54) is 5.56 Å². The average Bonchev–Trinajstić information content (AvgIpc) is 2.60. The standard InChI is InChI=1S/C23H31NO2/c1-7-20(26-21-11-9-8-10-16(21)2)22(25)24-17(3)18-12-14-19(15-13-18)23(4,5)6/h8-15,17,20H,7H2,1-6H3,(H,24,25)/t17-,20-/m0/s1. The third kappa shape index (κ3) is 5.10. The molecule has 0 fully saturated rings. The fourth-order valence-electron chi connectivity index (χ4n) is 2.83. The number of benzene rings is 2. The Morgan fingerprint density at radius 1 is 1.08 bits per heavy atom. The minimum absolute atomic E-state index is 0.0639. The number of carbonyl (C=O) groups is 1. The molecule has 3 heteroatoms. The van der Waals surface area contributed by atoms with Gasteiger partial charge in [0.1, 0.15) is 5.75 Å². The van der Waals surface area contributed by atoms with Crippen molar-refractivity contribution in [3.8, 4) is 5.75 Å². The molecule has 26 heavy (non-hydrogen) atoms. The number of hydrogen-bond acceptors (Lipinski definition) is 2. The number of carbonyl (C=O) groups excluding carboxylic acids is 1. The van der Waals surface area contributed by atoms with Crippen molar-refractivity contribution in [2.24, 2.45) is 0 Å². The number of nitrogens with one attached hydrogen (secondary N) is 1. The Bertz CT molecular complexity index is 729. The molecule has 2 atom stereocenters. The van der Waals surface area contributed by atoms with E-state index < -0.39 is 6.10 Å². The molecule has 1 N–H and O–H groups in total. The lowest BCUT2D eigenvalue weighted by Crippen LogP contribution is -2.39. The van der Waals surface area contributed by atoms with Crippen LogP contribution < -0.4 is 10.1 Å². The van der Waals surface area contributed by atoms with E-state index in [1.54, 1.807) is 0 Å². The van der Waals surface area contributed by atoms with E-state index in [0.717, 1.165) is 16.9 Å². The molecular weight excluding hydrogens is 322 g/mol. The van der Waals surface area contributed by atoms with Gasteiger partial charge in [-0.1, -0.05) is 70.2 Å². The second-order valence-electron chi connectivity index (χ2n) is 7.88. The van der Waals surface area contributed by atoms with Gasteiger partial charge in [0.2, 0.25) is 0 Å². The molecule has 140 valence electrons. The minimum atomic E-state index is -0.493. The SMILES string of the molecule is CC[C@H](Oc1ccccc1C)C(=O)N[C@@H](C)c1ccc(C(C)(C)C)cc1. The van der Waals surface area contributed by atoms with E-state index in [1.807, 2.05) is 45.0 Å². The summed E-state index contributed by atoms with van der Waals surface area (Å²) in [5.41, 5.74) is 3.54. The molecule has 2 aromatic rings. The van der Waals surface area contributed by atoms with Crippen molar-refractivity contribution in [3.63, 3.8) is 0 Å². The Labute approximate surface area is 157 Å². The molecule has 3 nitrogen and oxygen atoms in total.